The van der Waals surface area contributed by atoms with Crippen molar-refractivity contribution in [1.82, 2.24) is 4.98 Å². The van der Waals surface area contributed by atoms with Gasteiger partial charge in [-0.3, -0.25) is 5.43 Å². The number of halogens is 3. The third-order valence-electron chi connectivity index (χ3n) is 3.49. The molecule has 0 amide bonds. The minimum absolute atomic E-state index is 0.338. The normalized spacial score (nSPS) is 11.6. The van der Waals surface area contributed by atoms with Crippen molar-refractivity contribution in [1.29, 1.82) is 0 Å². The summed E-state index contributed by atoms with van der Waals surface area (Å²) in [6.45, 7) is 0. The van der Waals surface area contributed by atoms with Gasteiger partial charge in [-0.25, -0.2) is 4.98 Å². The average molecular weight is 407 g/mol. The van der Waals surface area contributed by atoms with E-state index < -0.39 is 24.7 Å². The molecule has 0 saturated heterocycles. The third kappa shape index (κ3) is 5.32. The predicted octanol–water partition coefficient (Wildman–Crippen LogP) is 2.83. The molecule has 1 heterocycles. The molecule has 2 aromatic carbocycles. The number of nitrogens with zero attached hydrogens (tertiary/aromatic N) is 2. The van der Waals surface area contributed by atoms with Crippen molar-refractivity contribution in [3.05, 3.63) is 59.5 Å². The Balaban J connectivity index is 1.71. The van der Waals surface area contributed by atoms with Crippen molar-refractivity contribution >= 4 is 35.3 Å². The monoisotopic (exact) mass is 407 g/mol. The number of alkyl halides is 3. The number of nitrogens with one attached hydrogen (secondary N) is 1. The number of rotatable bonds is 6. The van der Waals surface area contributed by atoms with Gasteiger partial charge in [-0.1, -0.05) is 30.3 Å². The number of benzene rings is 2. The van der Waals surface area contributed by atoms with Gasteiger partial charge in [0.2, 0.25) is 5.13 Å². The van der Waals surface area contributed by atoms with E-state index in [1.54, 1.807) is 0 Å². The molecular formula is C17H13BF3N3O3S. The Labute approximate surface area is 162 Å². The van der Waals surface area contributed by atoms with Gasteiger partial charge in [0.05, 0.1) is 11.9 Å². The topological polar surface area (TPSA) is 87.0 Å². The first kappa shape index (κ1) is 19.9. The van der Waals surface area contributed by atoms with Crippen molar-refractivity contribution in [3.63, 3.8) is 0 Å². The molecule has 0 fully saturated rings. The minimum Gasteiger partial charge on any atom is -0.423 e. The second kappa shape index (κ2) is 8.42. The highest BCUT2D eigenvalue weighted by Crippen LogP contribution is 2.24. The Bertz CT molecular complexity index is 965. The molecule has 0 aliphatic carbocycles. The van der Waals surface area contributed by atoms with Crippen LogP contribution in [0.15, 0.2) is 59.0 Å². The van der Waals surface area contributed by atoms with Crippen LogP contribution in [0.25, 0.3) is 11.3 Å². The van der Waals surface area contributed by atoms with Crippen LogP contribution in [0.3, 0.4) is 0 Å². The standard InChI is InChI=1S/C17H13BF3N3O3S/c19-17(20,21)27-15-7-6-11(8-13(15)18(25)26)9-22-24-16-23-14(10-28-16)12-4-2-1-3-5-12/h1-10,25-26H,(H,23,24). The highest BCUT2D eigenvalue weighted by molar-refractivity contribution is 7.14. The summed E-state index contributed by atoms with van der Waals surface area (Å²) < 4.78 is 40.9. The zero-order valence-corrected chi connectivity index (χ0v) is 14.9. The SMILES string of the molecule is OB(O)c1cc(C=NNc2nc(-c3ccccc3)cs2)ccc1OC(F)(F)F. The molecule has 11 heteroatoms. The van der Waals surface area contributed by atoms with Gasteiger partial charge in [0.15, 0.2) is 0 Å². The first-order chi connectivity index (χ1) is 13.3. The summed E-state index contributed by atoms with van der Waals surface area (Å²) in [6.07, 6.45) is -3.63. The lowest BCUT2D eigenvalue weighted by Crippen LogP contribution is -2.34. The van der Waals surface area contributed by atoms with E-state index in [-0.39, 0.29) is 0 Å². The summed E-state index contributed by atoms with van der Waals surface area (Å²) in [7, 11) is -2.13. The van der Waals surface area contributed by atoms with Crippen LogP contribution in [0, 0.1) is 0 Å². The lowest BCUT2D eigenvalue weighted by molar-refractivity contribution is -0.274. The van der Waals surface area contributed by atoms with E-state index in [0.717, 1.165) is 23.4 Å². The first-order valence-corrected chi connectivity index (χ1v) is 8.75. The highest BCUT2D eigenvalue weighted by atomic mass is 32.1. The second-order valence-corrected chi connectivity index (χ2v) is 6.35. The third-order valence-corrected chi connectivity index (χ3v) is 4.23. The van der Waals surface area contributed by atoms with E-state index in [0.29, 0.717) is 10.7 Å². The molecule has 0 aliphatic heterocycles. The largest absolute Gasteiger partial charge is 0.573 e. The molecule has 0 saturated carbocycles. The molecule has 1 aromatic heterocycles. The van der Waals surface area contributed by atoms with Crippen molar-refractivity contribution in [2.24, 2.45) is 5.10 Å². The maximum absolute atomic E-state index is 12.4. The summed E-state index contributed by atoms with van der Waals surface area (Å²) >= 11 is 1.34. The number of hydrogen-bond acceptors (Lipinski definition) is 7. The zero-order valence-electron chi connectivity index (χ0n) is 14.1. The van der Waals surface area contributed by atoms with E-state index in [1.807, 2.05) is 35.7 Å². The number of hydrazone groups is 1. The maximum atomic E-state index is 12.4. The molecule has 144 valence electrons. The van der Waals surface area contributed by atoms with Crippen LogP contribution in [0.2, 0.25) is 0 Å². The lowest BCUT2D eigenvalue weighted by atomic mass is 9.79. The van der Waals surface area contributed by atoms with Gasteiger partial charge in [-0.15, -0.1) is 24.5 Å². The number of ether oxygens (including phenoxy) is 1. The van der Waals surface area contributed by atoms with Gasteiger partial charge in [-0.2, -0.15) is 5.10 Å². The summed E-state index contributed by atoms with van der Waals surface area (Å²) in [5.74, 6) is -0.694. The fourth-order valence-corrected chi connectivity index (χ4v) is 2.96. The zero-order chi connectivity index (χ0) is 20.1. The van der Waals surface area contributed by atoms with Crippen LogP contribution in [0.1, 0.15) is 5.56 Å². The molecule has 0 atom stereocenters. The number of hydrogen-bond donors (Lipinski definition) is 3. The molecule has 3 N–H and O–H groups in total. The molecule has 0 bridgehead atoms. The van der Waals surface area contributed by atoms with Gasteiger partial charge < -0.3 is 14.8 Å². The average Bonchev–Trinajstić information content (AvgIpc) is 3.11. The molecule has 0 radical (unpaired) electrons. The van der Waals surface area contributed by atoms with E-state index in [4.69, 9.17) is 0 Å². The van der Waals surface area contributed by atoms with E-state index >= 15 is 0 Å². The molecule has 3 rings (SSSR count). The Kier molecular flexibility index (Phi) is 5.97. The van der Waals surface area contributed by atoms with Crippen molar-refractivity contribution in [2.45, 2.75) is 6.36 Å². The molecule has 3 aromatic rings. The first-order valence-electron chi connectivity index (χ1n) is 7.88. The van der Waals surface area contributed by atoms with Gasteiger partial charge in [0.25, 0.3) is 0 Å². The molecule has 6 nitrogen and oxygen atoms in total. The molecule has 0 spiro atoms. The van der Waals surface area contributed by atoms with Crippen molar-refractivity contribution in [3.8, 4) is 17.0 Å². The van der Waals surface area contributed by atoms with Crippen LogP contribution in [0.5, 0.6) is 5.75 Å². The summed E-state index contributed by atoms with van der Waals surface area (Å²) in [5.41, 5.74) is 4.37. The predicted molar refractivity (Wildman–Crippen MR) is 102 cm³/mol. The van der Waals surface area contributed by atoms with Crippen LogP contribution in [-0.2, 0) is 0 Å². The number of anilines is 1. The van der Waals surface area contributed by atoms with Crippen molar-refractivity contribution < 1.29 is 28.0 Å². The molecule has 0 unspecified atom stereocenters. The van der Waals surface area contributed by atoms with Crippen molar-refractivity contribution in [2.75, 3.05) is 5.43 Å². The molecule has 28 heavy (non-hydrogen) atoms. The fraction of sp³-hybridized carbons (Fsp3) is 0.0588. The summed E-state index contributed by atoms with van der Waals surface area (Å²) in [6, 6.07) is 13.0. The van der Waals surface area contributed by atoms with E-state index in [2.05, 4.69) is 20.2 Å². The van der Waals surface area contributed by atoms with E-state index in [9.17, 15) is 23.2 Å². The Morgan fingerprint density at radius 2 is 1.89 bits per heavy atom. The van der Waals surface area contributed by atoms with Crippen LogP contribution in [-0.4, -0.2) is 34.7 Å². The van der Waals surface area contributed by atoms with Gasteiger partial charge in [0, 0.05) is 16.4 Å². The second-order valence-electron chi connectivity index (χ2n) is 5.49. The molecular weight excluding hydrogens is 394 g/mol. The summed E-state index contributed by atoms with van der Waals surface area (Å²) in [4.78, 5) is 4.38. The Morgan fingerprint density at radius 1 is 1.14 bits per heavy atom. The Morgan fingerprint density at radius 3 is 2.57 bits per heavy atom. The number of aromatic nitrogens is 1. The smallest absolute Gasteiger partial charge is 0.423 e. The Hall–Kier alpha value is -2.89. The van der Waals surface area contributed by atoms with E-state index in [1.165, 1.54) is 23.6 Å². The minimum atomic E-state index is -4.94. The van der Waals surface area contributed by atoms with Gasteiger partial charge >= 0.3 is 13.5 Å². The quantitative estimate of drug-likeness (QED) is 0.333. The summed E-state index contributed by atoms with van der Waals surface area (Å²) in [5, 5.41) is 24.9. The number of thiazole rings is 1. The fourth-order valence-electron chi connectivity index (χ4n) is 2.30. The highest BCUT2D eigenvalue weighted by Gasteiger charge is 2.33. The van der Waals surface area contributed by atoms with Gasteiger partial charge in [-0.05, 0) is 23.8 Å². The molecule has 0 aliphatic rings. The maximum Gasteiger partial charge on any atom is 0.573 e. The van der Waals surface area contributed by atoms with Crippen LogP contribution in [0.4, 0.5) is 18.3 Å². The lowest BCUT2D eigenvalue weighted by Gasteiger charge is -2.13. The van der Waals surface area contributed by atoms with Crippen LogP contribution >= 0.6 is 11.3 Å². The van der Waals surface area contributed by atoms with Gasteiger partial charge in [0.1, 0.15) is 5.75 Å². The van der Waals surface area contributed by atoms with Crippen LogP contribution < -0.4 is 15.6 Å².